The number of amides is 1. The molecule has 9 heteroatoms. The molecule has 1 aliphatic carbocycles. The van der Waals surface area contributed by atoms with E-state index in [0.717, 1.165) is 27.9 Å². The maximum atomic E-state index is 13.4. The summed E-state index contributed by atoms with van der Waals surface area (Å²) in [6.45, 7) is 6.05. The minimum absolute atomic E-state index is 0.0544. The van der Waals surface area contributed by atoms with Crippen molar-refractivity contribution in [2.45, 2.75) is 56.5 Å². The molecular formula is C30H39N3O5S. The highest BCUT2D eigenvalue weighted by Crippen LogP contribution is 2.32. The number of benzene rings is 2. The predicted molar refractivity (Wildman–Crippen MR) is 152 cm³/mol. The zero-order chi connectivity index (χ0) is 27.7. The quantitative estimate of drug-likeness (QED) is 0.463. The molecule has 8 nitrogen and oxygen atoms in total. The lowest BCUT2D eigenvalue weighted by Crippen LogP contribution is -2.53. The Bertz CT molecular complexity index is 1420. The highest BCUT2D eigenvalue weighted by atomic mass is 32.2. The molecule has 1 amide bonds. The Morgan fingerprint density at radius 1 is 1.05 bits per heavy atom. The van der Waals surface area contributed by atoms with E-state index in [1.165, 1.54) is 0 Å². The molecule has 2 aliphatic rings. The van der Waals surface area contributed by atoms with Crippen molar-refractivity contribution in [1.82, 2.24) is 14.2 Å². The van der Waals surface area contributed by atoms with Gasteiger partial charge in [0.25, 0.3) is 0 Å². The molecule has 1 saturated carbocycles. The molecule has 1 aliphatic heterocycles. The van der Waals surface area contributed by atoms with E-state index in [9.17, 15) is 13.2 Å². The average molecular weight is 554 g/mol. The first-order chi connectivity index (χ1) is 18.7. The third kappa shape index (κ3) is 5.71. The van der Waals surface area contributed by atoms with E-state index in [4.69, 9.17) is 9.47 Å². The molecule has 2 fully saturated rings. The van der Waals surface area contributed by atoms with Crippen molar-refractivity contribution in [2.24, 2.45) is 18.9 Å². The van der Waals surface area contributed by atoms with Gasteiger partial charge in [0.15, 0.2) is 0 Å². The number of nitrogens with one attached hydrogen (secondary N) is 1. The fourth-order valence-electron chi connectivity index (χ4n) is 5.94. The number of ether oxygens (including phenoxy) is 2. The minimum Gasteiger partial charge on any atom is -0.497 e. The molecule has 210 valence electrons. The van der Waals surface area contributed by atoms with Crippen LogP contribution in [0, 0.1) is 11.8 Å². The van der Waals surface area contributed by atoms with Gasteiger partial charge in [0, 0.05) is 42.1 Å². The molecule has 2 heterocycles. The van der Waals surface area contributed by atoms with Crippen LogP contribution in [0.1, 0.15) is 39.5 Å². The molecule has 1 saturated heterocycles. The molecule has 1 atom stereocenters. The average Bonchev–Trinajstić information content (AvgIpc) is 3.28. The summed E-state index contributed by atoms with van der Waals surface area (Å²) in [5.74, 6) is 1.27. The van der Waals surface area contributed by atoms with Gasteiger partial charge < -0.3 is 18.9 Å². The van der Waals surface area contributed by atoms with Crippen LogP contribution < -0.4 is 9.46 Å². The fraction of sp³-hybridized carbons (Fsp3) is 0.500. The molecule has 0 radical (unpaired) electrons. The van der Waals surface area contributed by atoms with Crippen LogP contribution in [0.2, 0.25) is 0 Å². The number of nitrogens with zero attached hydrogens (tertiary/aromatic N) is 2. The van der Waals surface area contributed by atoms with Gasteiger partial charge in [0.1, 0.15) is 5.75 Å². The van der Waals surface area contributed by atoms with Gasteiger partial charge in [-0.1, -0.05) is 19.9 Å². The lowest BCUT2D eigenvalue weighted by molar-refractivity contribution is -0.147. The van der Waals surface area contributed by atoms with E-state index < -0.39 is 10.0 Å². The summed E-state index contributed by atoms with van der Waals surface area (Å²) in [5, 5.41) is 0.976. The first-order valence-electron chi connectivity index (χ1n) is 13.8. The number of fused-ring (bicyclic) bond motifs is 1. The van der Waals surface area contributed by atoms with Crippen LogP contribution in [0.4, 0.5) is 0 Å². The molecule has 5 rings (SSSR count). The maximum Gasteiger partial charge on any atom is 0.240 e. The summed E-state index contributed by atoms with van der Waals surface area (Å²) in [4.78, 5) is 15.5. The standard InChI is InChI=1S/C30H39N3O5S/c1-20(2)29-19-38-16-15-33(29)30(34)22-5-10-24(11-6-22)31-39(35,36)26-14-9-23-17-27(32(3)28(23)18-26)21-7-12-25(37-4)13-8-21/h7-9,12-14,17-18,20,22,24,29,31H,5-6,10-11,15-16,19H2,1-4H3/t22-,24-,29-/m1/s1. The third-order valence-corrected chi connectivity index (χ3v) is 9.85. The Kier molecular flexibility index (Phi) is 8.03. The normalized spacial score (nSPS) is 22.4. The van der Waals surface area contributed by atoms with E-state index >= 15 is 0 Å². The molecular weight excluding hydrogens is 514 g/mol. The van der Waals surface area contributed by atoms with E-state index in [2.05, 4.69) is 24.6 Å². The number of rotatable bonds is 7. The van der Waals surface area contributed by atoms with Gasteiger partial charge in [0.2, 0.25) is 15.9 Å². The van der Waals surface area contributed by atoms with E-state index in [-0.39, 0.29) is 28.8 Å². The number of hydrogen-bond acceptors (Lipinski definition) is 5. The second kappa shape index (κ2) is 11.3. The van der Waals surface area contributed by atoms with E-state index in [1.807, 2.05) is 46.8 Å². The van der Waals surface area contributed by atoms with Crippen LogP contribution in [0.3, 0.4) is 0 Å². The smallest absolute Gasteiger partial charge is 0.240 e. The zero-order valence-corrected chi connectivity index (χ0v) is 24.0. The predicted octanol–water partition coefficient (Wildman–Crippen LogP) is 4.57. The lowest BCUT2D eigenvalue weighted by Gasteiger charge is -2.41. The summed E-state index contributed by atoms with van der Waals surface area (Å²) in [7, 11) is -0.116. The van der Waals surface area contributed by atoms with Crippen LogP contribution in [-0.2, 0) is 26.6 Å². The minimum atomic E-state index is -3.70. The molecule has 1 aromatic heterocycles. The number of sulfonamides is 1. The Morgan fingerprint density at radius 3 is 2.44 bits per heavy atom. The SMILES string of the molecule is COc1ccc(-c2cc3ccc(S(=O)(=O)N[C@H]4CC[C@H](C(=O)N5CCOC[C@@H]5C(C)C)CC4)cc3n2C)cc1. The molecule has 2 aromatic carbocycles. The fourth-order valence-corrected chi connectivity index (χ4v) is 7.27. The summed E-state index contributed by atoms with van der Waals surface area (Å²) in [6, 6.07) is 15.1. The van der Waals surface area contributed by atoms with Crippen LogP contribution in [0.15, 0.2) is 53.4 Å². The van der Waals surface area contributed by atoms with Crippen LogP contribution >= 0.6 is 0 Å². The van der Waals surface area contributed by atoms with E-state index in [1.54, 1.807) is 19.2 Å². The van der Waals surface area contributed by atoms with Gasteiger partial charge in [0.05, 0.1) is 31.3 Å². The summed E-state index contributed by atoms with van der Waals surface area (Å²) in [6.07, 6.45) is 2.69. The van der Waals surface area contributed by atoms with Gasteiger partial charge in [-0.2, -0.15) is 0 Å². The molecule has 0 spiro atoms. The number of morpholine rings is 1. The summed E-state index contributed by atoms with van der Waals surface area (Å²) < 4.78 is 42.5. The maximum absolute atomic E-state index is 13.4. The zero-order valence-electron chi connectivity index (χ0n) is 23.2. The van der Waals surface area contributed by atoms with Gasteiger partial charge in [-0.3, -0.25) is 4.79 Å². The molecule has 3 aromatic rings. The highest BCUT2D eigenvalue weighted by Gasteiger charge is 2.36. The number of carbonyl (C=O) groups is 1. The van der Waals surface area contributed by atoms with Crippen molar-refractivity contribution in [2.75, 3.05) is 26.9 Å². The molecule has 0 unspecified atom stereocenters. The van der Waals surface area contributed by atoms with E-state index in [0.29, 0.717) is 51.4 Å². The topological polar surface area (TPSA) is 89.9 Å². The van der Waals surface area contributed by atoms with Gasteiger partial charge in [-0.05, 0) is 79.6 Å². The van der Waals surface area contributed by atoms with Crippen molar-refractivity contribution in [1.29, 1.82) is 0 Å². The van der Waals surface area contributed by atoms with Crippen LogP contribution in [-0.4, -0.2) is 62.7 Å². The van der Waals surface area contributed by atoms with Crippen LogP contribution in [0.25, 0.3) is 22.2 Å². The lowest BCUT2D eigenvalue weighted by atomic mass is 9.85. The second-order valence-corrected chi connectivity index (χ2v) is 12.8. The summed E-state index contributed by atoms with van der Waals surface area (Å²) in [5.41, 5.74) is 2.88. The second-order valence-electron chi connectivity index (χ2n) is 11.1. The van der Waals surface area contributed by atoms with Gasteiger partial charge >= 0.3 is 0 Å². The third-order valence-electron chi connectivity index (χ3n) is 8.33. The molecule has 0 bridgehead atoms. The number of aromatic nitrogens is 1. The van der Waals surface area contributed by atoms with Crippen molar-refractivity contribution in [3.63, 3.8) is 0 Å². The number of methoxy groups -OCH3 is 1. The largest absolute Gasteiger partial charge is 0.497 e. The number of hydrogen-bond donors (Lipinski definition) is 1. The van der Waals surface area contributed by atoms with Crippen molar-refractivity contribution in [3.8, 4) is 17.0 Å². The molecule has 1 N–H and O–H groups in total. The van der Waals surface area contributed by atoms with Gasteiger partial charge in [-0.25, -0.2) is 13.1 Å². The summed E-state index contributed by atoms with van der Waals surface area (Å²) >= 11 is 0. The highest BCUT2D eigenvalue weighted by molar-refractivity contribution is 7.89. The van der Waals surface area contributed by atoms with Crippen LogP contribution in [0.5, 0.6) is 5.75 Å². The Hall–Kier alpha value is -2.88. The van der Waals surface area contributed by atoms with Crippen molar-refractivity contribution >= 4 is 26.8 Å². The van der Waals surface area contributed by atoms with Gasteiger partial charge in [-0.15, -0.1) is 0 Å². The Balaban J connectivity index is 1.26. The number of aryl methyl sites for hydroxylation is 1. The van der Waals surface area contributed by atoms with Crippen molar-refractivity contribution < 1.29 is 22.7 Å². The van der Waals surface area contributed by atoms with Crippen molar-refractivity contribution in [3.05, 3.63) is 48.5 Å². The number of carbonyl (C=O) groups excluding carboxylic acids is 1. The molecule has 39 heavy (non-hydrogen) atoms. The first kappa shape index (κ1) is 27.7. The Labute approximate surface area is 231 Å². The Morgan fingerprint density at radius 2 is 1.77 bits per heavy atom. The first-order valence-corrected chi connectivity index (χ1v) is 15.3. The monoisotopic (exact) mass is 553 g/mol.